The van der Waals surface area contributed by atoms with E-state index in [1.807, 2.05) is 6.07 Å². The number of piperazine rings is 1. The first-order valence-electron chi connectivity index (χ1n) is 11.4. The fourth-order valence-corrected chi connectivity index (χ4v) is 5.58. The van der Waals surface area contributed by atoms with Gasteiger partial charge in [0.15, 0.2) is 0 Å². The molecular formula is C24H31N3O5S. The molecule has 2 heterocycles. The molecule has 0 radical (unpaired) electrons. The molecule has 1 atom stereocenters. The maximum Gasteiger partial charge on any atom is 0.259 e. The number of carbonyl (C=O) groups excluding carboxylic acids is 1. The second kappa shape index (κ2) is 10.6. The molecule has 2 aliphatic heterocycles. The molecule has 2 aromatic rings. The number of benzene rings is 2. The molecular weight excluding hydrogens is 442 g/mol. The van der Waals surface area contributed by atoms with E-state index in [2.05, 4.69) is 17.1 Å². The van der Waals surface area contributed by atoms with Gasteiger partial charge in [-0.15, -0.1) is 0 Å². The summed E-state index contributed by atoms with van der Waals surface area (Å²) in [7, 11) is -3.63. The number of sulfonamides is 1. The molecule has 0 saturated carbocycles. The summed E-state index contributed by atoms with van der Waals surface area (Å²) in [5, 5.41) is 2.82. The molecule has 1 N–H and O–H groups in total. The Morgan fingerprint density at radius 1 is 1.12 bits per heavy atom. The van der Waals surface area contributed by atoms with Gasteiger partial charge in [0.25, 0.3) is 5.91 Å². The molecule has 0 aromatic heterocycles. The van der Waals surface area contributed by atoms with Crippen LogP contribution in [0.3, 0.4) is 0 Å². The highest BCUT2D eigenvalue weighted by Crippen LogP contribution is 2.24. The van der Waals surface area contributed by atoms with E-state index in [4.69, 9.17) is 9.47 Å². The van der Waals surface area contributed by atoms with Crippen LogP contribution in [0.15, 0.2) is 53.4 Å². The third kappa shape index (κ3) is 5.73. The summed E-state index contributed by atoms with van der Waals surface area (Å²) in [5.41, 5.74) is 0.807. The number of hydrogen-bond donors (Lipinski definition) is 1. The number of hydrogen-bond acceptors (Lipinski definition) is 6. The van der Waals surface area contributed by atoms with Gasteiger partial charge in [-0.3, -0.25) is 4.79 Å². The number of nitrogens with zero attached hydrogens (tertiary/aromatic N) is 2. The maximum atomic E-state index is 13.1. The lowest BCUT2D eigenvalue weighted by molar-refractivity contribution is 0.0673. The van der Waals surface area contributed by atoms with Gasteiger partial charge in [-0.05, 0) is 49.7 Å². The number of nitrogens with one attached hydrogen (secondary N) is 1. The number of ether oxygens (including phenoxy) is 2. The number of anilines is 1. The number of para-hydroxylation sites is 1. The van der Waals surface area contributed by atoms with Crippen molar-refractivity contribution < 1.29 is 22.7 Å². The van der Waals surface area contributed by atoms with Crippen LogP contribution in [-0.4, -0.2) is 75.6 Å². The van der Waals surface area contributed by atoms with E-state index in [1.54, 1.807) is 36.4 Å². The Bertz CT molecular complexity index is 1060. The van der Waals surface area contributed by atoms with Crippen molar-refractivity contribution in [2.75, 3.05) is 51.3 Å². The van der Waals surface area contributed by atoms with Crippen LogP contribution in [0.2, 0.25) is 0 Å². The largest absolute Gasteiger partial charge is 0.490 e. The SMILES string of the molecule is CCN1CCN(S(=O)(=O)c2cccc(NC(=O)c3ccccc3OCC3CCCO3)c2)CC1. The van der Waals surface area contributed by atoms with Gasteiger partial charge in [-0.25, -0.2) is 8.42 Å². The van der Waals surface area contributed by atoms with E-state index in [0.29, 0.717) is 36.7 Å². The molecule has 33 heavy (non-hydrogen) atoms. The maximum absolute atomic E-state index is 13.1. The van der Waals surface area contributed by atoms with Crippen molar-refractivity contribution >= 4 is 21.6 Å². The Morgan fingerprint density at radius 3 is 2.64 bits per heavy atom. The number of carbonyl (C=O) groups is 1. The Morgan fingerprint density at radius 2 is 1.91 bits per heavy atom. The van der Waals surface area contributed by atoms with Crippen molar-refractivity contribution in [2.24, 2.45) is 0 Å². The van der Waals surface area contributed by atoms with E-state index in [1.165, 1.54) is 10.4 Å². The normalized spacial score (nSPS) is 20.0. The summed E-state index contributed by atoms with van der Waals surface area (Å²) < 4.78 is 39.2. The lowest BCUT2D eigenvalue weighted by atomic mass is 10.1. The van der Waals surface area contributed by atoms with Gasteiger partial charge in [0.2, 0.25) is 10.0 Å². The van der Waals surface area contributed by atoms with Crippen LogP contribution in [0, 0.1) is 0 Å². The van der Waals surface area contributed by atoms with Crippen molar-refractivity contribution in [2.45, 2.75) is 30.8 Å². The van der Waals surface area contributed by atoms with Crippen molar-refractivity contribution in [1.29, 1.82) is 0 Å². The summed E-state index contributed by atoms with van der Waals surface area (Å²) in [6.07, 6.45) is 2.01. The molecule has 1 unspecified atom stereocenters. The number of amides is 1. The first-order valence-corrected chi connectivity index (χ1v) is 12.9. The van der Waals surface area contributed by atoms with Crippen LogP contribution in [0.4, 0.5) is 5.69 Å². The number of likely N-dealkylation sites (N-methyl/N-ethyl adjacent to an activating group) is 1. The first kappa shape index (κ1) is 23.7. The molecule has 0 aliphatic carbocycles. The minimum absolute atomic E-state index is 0.0437. The fraction of sp³-hybridized carbons (Fsp3) is 0.458. The Kier molecular flexibility index (Phi) is 7.64. The Labute approximate surface area is 195 Å². The monoisotopic (exact) mass is 473 g/mol. The second-order valence-electron chi connectivity index (χ2n) is 8.26. The quantitative estimate of drug-likeness (QED) is 0.634. The average Bonchev–Trinajstić information content (AvgIpc) is 3.37. The van der Waals surface area contributed by atoms with Crippen LogP contribution in [0.1, 0.15) is 30.1 Å². The van der Waals surface area contributed by atoms with Gasteiger partial charge in [-0.1, -0.05) is 25.1 Å². The molecule has 0 spiro atoms. The van der Waals surface area contributed by atoms with Crippen molar-refractivity contribution in [1.82, 2.24) is 9.21 Å². The topological polar surface area (TPSA) is 88.2 Å². The van der Waals surface area contributed by atoms with Crippen LogP contribution in [0.25, 0.3) is 0 Å². The predicted molar refractivity (Wildman–Crippen MR) is 126 cm³/mol. The highest BCUT2D eigenvalue weighted by molar-refractivity contribution is 7.89. The van der Waals surface area contributed by atoms with Gasteiger partial charge < -0.3 is 19.7 Å². The highest BCUT2D eigenvalue weighted by Gasteiger charge is 2.28. The van der Waals surface area contributed by atoms with Gasteiger partial charge in [-0.2, -0.15) is 4.31 Å². The highest BCUT2D eigenvalue weighted by atomic mass is 32.2. The first-order chi connectivity index (χ1) is 16.0. The van der Waals surface area contributed by atoms with Crippen molar-refractivity contribution in [3.05, 3.63) is 54.1 Å². The minimum Gasteiger partial charge on any atom is -0.490 e. The van der Waals surface area contributed by atoms with Gasteiger partial charge in [0.1, 0.15) is 12.4 Å². The Balaban J connectivity index is 1.45. The molecule has 2 saturated heterocycles. The fourth-order valence-electron chi connectivity index (χ4n) is 4.11. The predicted octanol–water partition coefficient (Wildman–Crippen LogP) is 2.82. The van der Waals surface area contributed by atoms with Crippen LogP contribution < -0.4 is 10.1 Å². The molecule has 2 fully saturated rings. The van der Waals surface area contributed by atoms with E-state index in [0.717, 1.165) is 39.1 Å². The third-order valence-corrected chi connectivity index (χ3v) is 7.98. The lowest BCUT2D eigenvalue weighted by Crippen LogP contribution is -2.48. The van der Waals surface area contributed by atoms with E-state index in [9.17, 15) is 13.2 Å². The zero-order valence-electron chi connectivity index (χ0n) is 18.9. The van der Waals surface area contributed by atoms with Gasteiger partial charge >= 0.3 is 0 Å². The third-order valence-electron chi connectivity index (χ3n) is 6.09. The van der Waals surface area contributed by atoms with Crippen molar-refractivity contribution in [3.8, 4) is 5.75 Å². The molecule has 4 rings (SSSR count). The standard InChI is InChI=1S/C24H31N3O5S/c1-2-26-12-14-27(15-13-26)33(29,30)21-9-5-7-19(17-21)25-24(28)22-10-3-4-11-23(22)32-18-20-8-6-16-31-20/h3-5,7,9-11,17,20H,2,6,8,12-16,18H2,1H3,(H,25,28). The summed E-state index contributed by atoms with van der Waals surface area (Å²) >= 11 is 0. The van der Waals surface area contributed by atoms with E-state index in [-0.39, 0.29) is 16.9 Å². The summed E-state index contributed by atoms with van der Waals surface area (Å²) in [4.78, 5) is 15.4. The molecule has 2 aliphatic rings. The van der Waals surface area contributed by atoms with Gasteiger partial charge in [0.05, 0.1) is 16.6 Å². The van der Waals surface area contributed by atoms with Crippen LogP contribution in [0.5, 0.6) is 5.75 Å². The molecule has 9 heteroatoms. The average molecular weight is 474 g/mol. The summed E-state index contributed by atoms with van der Waals surface area (Å²) in [6, 6.07) is 13.4. The zero-order valence-corrected chi connectivity index (χ0v) is 19.7. The number of rotatable bonds is 8. The zero-order chi connectivity index (χ0) is 23.3. The van der Waals surface area contributed by atoms with Crippen molar-refractivity contribution in [3.63, 3.8) is 0 Å². The summed E-state index contributed by atoms with van der Waals surface area (Å²) in [6.45, 7) is 6.47. The van der Waals surface area contributed by atoms with E-state index < -0.39 is 10.0 Å². The molecule has 1 amide bonds. The molecule has 2 aromatic carbocycles. The van der Waals surface area contributed by atoms with Gasteiger partial charge in [0, 0.05) is 38.5 Å². The van der Waals surface area contributed by atoms with Crippen LogP contribution >= 0.6 is 0 Å². The van der Waals surface area contributed by atoms with Crippen LogP contribution in [-0.2, 0) is 14.8 Å². The molecule has 0 bridgehead atoms. The Hall–Kier alpha value is -2.46. The summed E-state index contributed by atoms with van der Waals surface area (Å²) in [5.74, 6) is 0.118. The molecule has 178 valence electrons. The minimum atomic E-state index is -3.63. The smallest absolute Gasteiger partial charge is 0.259 e. The second-order valence-corrected chi connectivity index (χ2v) is 10.2. The molecule has 8 nitrogen and oxygen atoms in total. The van der Waals surface area contributed by atoms with E-state index >= 15 is 0 Å². The lowest BCUT2D eigenvalue weighted by Gasteiger charge is -2.33.